The average Bonchev–Trinajstić information content (AvgIpc) is 2.94. The molecule has 0 spiro atoms. The van der Waals surface area contributed by atoms with Crippen molar-refractivity contribution in [2.24, 2.45) is 0 Å². The van der Waals surface area contributed by atoms with Gasteiger partial charge in [-0.25, -0.2) is 9.97 Å². The zero-order valence-corrected chi connectivity index (χ0v) is 12.9. The van der Waals surface area contributed by atoms with Crippen LogP contribution in [-0.2, 0) is 0 Å². The van der Waals surface area contributed by atoms with Gasteiger partial charge in [-0.1, -0.05) is 60.1 Å². The van der Waals surface area contributed by atoms with Crippen molar-refractivity contribution in [3.63, 3.8) is 0 Å². The van der Waals surface area contributed by atoms with Crippen LogP contribution in [0.4, 0.5) is 0 Å². The topological polar surface area (TPSA) is 25.8 Å². The summed E-state index contributed by atoms with van der Waals surface area (Å²) in [5.41, 5.74) is 0.936. The predicted octanol–water partition coefficient (Wildman–Crippen LogP) is 5.80. The molecule has 2 aromatic heterocycles. The van der Waals surface area contributed by atoms with Gasteiger partial charge >= 0.3 is 0 Å². The predicted molar refractivity (Wildman–Crippen MR) is 94.9 cm³/mol. The molecule has 104 valence electrons. The summed E-state index contributed by atoms with van der Waals surface area (Å²) in [6, 6.07) is 17.0. The van der Waals surface area contributed by atoms with E-state index in [1.54, 1.807) is 17.5 Å². The fraction of sp³-hybridized carbons (Fsp3) is 0. The second kappa shape index (κ2) is 4.38. The monoisotopic (exact) mass is 320 g/mol. The smallest absolute Gasteiger partial charge is 0.149 e. The minimum Gasteiger partial charge on any atom is -0.250 e. The van der Waals surface area contributed by atoms with E-state index >= 15 is 0 Å². The standard InChI is InChI=1S/C18H9ClN2S/c19-14-9-20-16-15-12-7-3-1-5-10(12)11-6-2-4-8-13(11)17(15)22-18(16)21-14/h1-9H. The molecule has 0 radical (unpaired) electrons. The van der Waals surface area contributed by atoms with Crippen LogP contribution in [0.5, 0.6) is 0 Å². The van der Waals surface area contributed by atoms with E-state index in [2.05, 4.69) is 58.5 Å². The van der Waals surface area contributed by atoms with Crippen molar-refractivity contribution in [3.8, 4) is 0 Å². The van der Waals surface area contributed by atoms with Crippen LogP contribution in [0.15, 0.2) is 54.7 Å². The molecule has 0 aliphatic rings. The number of halogens is 1. The van der Waals surface area contributed by atoms with Gasteiger partial charge in [-0.15, -0.1) is 11.3 Å². The van der Waals surface area contributed by atoms with Gasteiger partial charge in [-0.05, 0) is 16.2 Å². The zero-order valence-electron chi connectivity index (χ0n) is 11.4. The lowest BCUT2D eigenvalue weighted by atomic mass is 9.99. The van der Waals surface area contributed by atoms with Crippen LogP contribution in [0.25, 0.3) is 42.0 Å². The quantitative estimate of drug-likeness (QED) is 0.337. The summed E-state index contributed by atoms with van der Waals surface area (Å²) in [6.07, 6.45) is 1.63. The number of hydrogen-bond acceptors (Lipinski definition) is 3. The summed E-state index contributed by atoms with van der Waals surface area (Å²) < 4.78 is 1.23. The number of thiophene rings is 1. The molecular formula is C18H9ClN2S. The van der Waals surface area contributed by atoms with Crippen molar-refractivity contribution in [1.82, 2.24) is 9.97 Å². The third-order valence-electron chi connectivity index (χ3n) is 4.03. The average molecular weight is 321 g/mol. The van der Waals surface area contributed by atoms with Crippen LogP contribution in [0, 0.1) is 0 Å². The van der Waals surface area contributed by atoms with Crippen LogP contribution in [-0.4, -0.2) is 9.97 Å². The van der Waals surface area contributed by atoms with Gasteiger partial charge in [0.15, 0.2) is 0 Å². The Bertz CT molecular complexity index is 1190. The Morgan fingerprint density at radius 2 is 1.45 bits per heavy atom. The molecule has 0 saturated heterocycles. The van der Waals surface area contributed by atoms with Gasteiger partial charge in [-0.2, -0.15) is 0 Å². The highest BCUT2D eigenvalue weighted by atomic mass is 35.5. The van der Waals surface area contributed by atoms with Gasteiger partial charge in [0.05, 0.1) is 6.20 Å². The maximum Gasteiger partial charge on any atom is 0.149 e. The van der Waals surface area contributed by atoms with Gasteiger partial charge < -0.3 is 0 Å². The molecule has 0 aliphatic heterocycles. The SMILES string of the molecule is Clc1cnc2c(n1)sc1c3ccccc3c3ccccc3c21. The first-order valence-corrected chi connectivity index (χ1v) is 8.16. The number of nitrogens with zero attached hydrogens (tertiary/aromatic N) is 2. The number of fused-ring (bicyclic) bond motifs is 8. The summed E-state index contributed by atoms with van der Waals surface area (Å²) in [6.45, 7) is 0. The van der Waals surface area contributed by atoms with E-state index in [0.717, 1.165) is 10.3 Å². The first-order valence-electron chi connectivity index (χ1n) is 6.97. The number of rotatable bonds is 0. The molecule has 5 aromatic rings. The number of benzene rings is 3. The molecule has 2 nitrogen and oxygen atoms in total. The van der Waals surface area contributed by atoms with E-state index in [1.807, 2.05) is 0 Å². The molecule has 0 unspecified atom stereocenters. The molecule has 0 fully saturated rings. The summed E-state index contributed by atoms with van der Waals surface area (Å²) in [5.74, 6) is 0. The van der Waals surface area contributed by atoms with Crippen LogP contribution in [0.2, 0.25) is 5.15 Å². The van der Waals surface area contributed by atoms with Crippen molar-refractivity contribution in [2.75, 3.05) is 0 Å². The third-order valence-corrected chi connectivity index (χ3v) is 5.32. The molecule has 5 rings (SSSR count). The molecule has 0 saturated carbocycles. The molecule has 0 aliphatic carbocycles. The van der Waals surface area contributed by atoms with E-state index < -0.39 is 0 Å². The molecule has 4 heteroatoms. The van der Waals surface area contributed by atoms with Crippen LogP contribution < -0.4 is 0 Å². The van der Waals surface area contributed by atoms with Gasteiger partial charge in [-0.3, -0.25) is 0 Å². The fourth-order valence-corrected chi connectivity index (χ4v) is 4.51. The Balaban J connectivity index is 2.21. The molecule has 2 heterocycles. The largest absolute Gasteiger partial charge is 0.250 e. The highest BCUT2D eigenvalue weighted by Crippen LogP contribution is 2.42. The second-order valence-corrected chi connectivity index (χ2v) is 6.63. The highest BCUT2D eigenvalue weighted by molar-refractivity contribution is 7.26. The molecule has 22 heavy (non-hydrogen) atoms. The first kappa shape index (κ1) is 12.3. The fourth-order valence-electron chi connectivity index (χ4n) is 3.14. The third kappa shape index (κ3) is 1.55. The normalized spacial score (nSPS) is 11.9. The van der Waals surface area contributed by atoms with E-state index in [1.165, 1.54) is 31.6 Å². The molecule has 0 atom stereocenters. The van der Waals surface area contributed by atoms with E-state index in [9.17, 15) is 0 Å². The Labute approximate surface area is 135 Å². The summed E-state index contributed by atoms with van der Waals surface area (Å²) in [4.78, 5) is 9.88. The van der Waals surface area contributed by atoms with E-state index in [-0.39, 0.29) is 0 Å². The van der Waals surface area contributed by atoms with Crippen LogP contribution in [0.3, 0.4) is 0 Å². The Morgan fingerprint density at radius 3 is 2.23 bits per heavy atom. The van der Waals surface area contributed by atoms with Crippen molar-refractivity contribution in [1.29, 1.82) is 0 Å². The minimum atomic E-state index is 0.438. The lowest BCUT2D eigenvalue weighted by Gasteiger charge is -2.06. The maximum absolute atomic E-state index is 6.02. The Kier molecular flexibility index (Phi) is 2.46. The maximum atomic E-state index is 6.02. The van der Waals surface area contributed by atoms with Gasteiger partial charge in [0.2, 0.25) is 0 Å². The van der Waals surface area contributed by atoms with E-state index in [4.69, 9.17) is 11.6 Å². The first-order chi connectivity index (χ1) is 10.8. The Morgan fingerprint density at radius 1 is 0.818 bits per heavy atom. The molecule has 0 amide bonds. The summed E-state index contributed by atoms with van der Waals surface area (Å²) >= 11 is 7.68. The number of aromatic nitrogens is 2. The van der Waals surface area contributed by atoms with Crippen molar-refractivity contribution in [2.45, 2.75) is 0 Å². The van der Waals surface area contributed by atoms with Gasteiger partial charge in [0, 0.05) is 15.5 Å². The second-order valence-electron chi connectivity index (χ2n) is 5.24. The molecule has 3 aromatic carbocycles. The zero-order chi connectivity index (χ0) is 14.7. The lowest BCUT2D eigenvalue weighted by Crippen LogP contribution is -1.82. The lowest BCUT2D eigenvalue weighted by molar-refractivity contribution is 1.32. The highest BCUT2D eigenvalue weighted by Gasteiger charge is 2.15. The molecule has 0 bridgehead atoms. The van der Waals surface area contributed by atoms with Gasteiger partial charge in [0.25, 0.3) is 0 Å². The van der Waals surface area contributed by atoms with Crippen molar-refractivity contribution in [3.05, 3.63) is 59.9 Å². The van der Waals surface area contributed by atoms with Crippen LogP contribution in [0.1, 0.15) is 0 Å². The molecular weight excluding hydrogens is 312 g/mol. The Hall–Kier alpha value is -2.23. The van der Waals surface area contributed by atoms with Crippen LogP contribution >= 0.6 is 22.9 Å². The van der Waals surface area contributed by atoms with Crippen molar-refractivity contribution >= 4 is 64.9 Å². The van der Waals surface area contributed by atoms with Crippen molar-refractivity contribution < 1.29 is 0 Å². The summed E-state index contributed by atoms with van der Waals surface area (Å²) in [7, 11) is 0. The minimum absolute atomic E-state index is 0.438. The van der Waals surface area contributed by atoms with Gasteiger partial charge in [0.1, 0.15) is 15.5 Å². The van der Waals surface area contributed by atoms with E-state index in [0.29, 0.717) is 5.15 Å². The number of hydrogen-bond donors (Lipinski definition) is 0. The summed E-state index contributed by atoms with van der Waals surface area (Å²) in [5, 5.41) is 6.60. The molecule has 0 N–H and O–H groups in total.